The number of nitrogens with zero attached hydrogens (tertiary/aromatic N) is 1. The Morgan fingerprint density at radius 1 is 1.00 bits per heavy atom. The Morgan fingerprint density at radius 2 is 1.44 bits per heavy atom. The molecule has 1 heterocycles. The minimum Gasteiger partial charge on any atom is -0.378 e. The molecule has 0 spiro atoms. The third-order valence-electron chi connectivity index (χ3n) is 3.88. The van der Waals surface area contributed by atoms with E-state index in [-0.39, 0.29) is 0 Å². The smallest absolute Gasteiger partial charge is 0.168 e. The normalized spacial score (nSPS) is 13.1. The van der Waals surface area contributed by atoms with Crippen molar-refractivity contribution in [2.45, 2.75) is 58.2 Å². The molecule has 1 rings (SSSR count). The number of halogens is 1. The summed E-state index contributed by atoms with van der Waals surface area (Å²) in [5.74, 6) is 0. The van der Waals surface area contributed by atoms with Crippen molar-refractivity contribution < 1.29 is 0 Å². The molecule has 0 radical (unpaired) electrons. The van der Waals surface area contributed by atoms with Crippen molar-refractivity contribution in [3.63, 3.8) is 0 Å². The zero-order valence-corrected chi connectivity index (χ0v) is 13.0. The van der Waals surface area contributed by atoms with Crippen LogP contribution in [-0.4, -0.2) is 12.5 Å². The molecule has 0 aliphatic rings. The van der Waals surface area contributed by atoms with Gasteiger partial charge in [-0.3, -0.25) is 0 Å². The van der Waals surface area contributed by atoms with Crippen LogP contribution in [0, 0.1) is 0 Å². The molecule has 92 valence electrons. The van der Waals surface area contributed by atoms with Crippen LogP contribution >= 0.6 is 11.6 Å². The summed E-state index contributed by atoms with van der Waals surface area (Å²) in [7, 11) is -1.55. The highest BCUT2D eigenvalue weighted by Gasteiger charge is 2.44. The molecule has 3 heteroatoms. The molecule has 0 N–H and O–H groups in total. The molecule has 0 atom stereocenters. The molecule has 0 unspecified atom stereocenters. The van der Waals surface area contributed by atoms with Crippen LogP contribution in [0.1, 0.15) is 41.5 Å². The van der Waals surface area contributed by atoms with Crippen LogP contribution in [-0.2, 0) is 0 Å². The molecule has 1 aromatic heterocycles. The molecular weight excluding hydrogens is 234 g/mol. The topological polar surface area (TPSA) is 4.93 Å². The van der Waals surface area contributed by atoms with E-state index in [0.29, 0.717) is 0 Å². The molecule has 0 fully saturated rings. The predicted octanol–water partition coefficient (Wildman–Crippen LogP) is 5.17. The Kier molecular flexibility index (Phi) is 4.30. The fraction of sp³-hybridized carbons (Fsp3) is 0.692. The van der Waals surface area contributed by atoms with Gasteiger partial charge in [-0.15, -0.1) is 0 Å². The highest BCUT2D eigenvalue weighted by molar-refractivity contribution is 6.82. The van der Waals surface area contributed by atoms with E-state index < -0.39 is 8.24 Å². The van der Waals surface area contributed by atoms with Gasteiger partial charge in [-0.1, -0.05) is 53.1 Å². The Balaban J connectivity index is 3.33. The van der Waals surface area contributed by atoms with E-state index in [1.54, 1.807) is 0 Å². The number of rotatable bonds is 4. The lowest BCUT2D eigenvalue weighted by Crippen LogP contribution is -2.51. The van der Waals surface area contributed by atoms with Crippen LogP contribution in [0.5, 0.6) is 0 Å². The average molecular weight is 258 g/mol. The van der Waals surface area contributed by atoms with Crippen molar-refractivity contribution in [3.05, 3.63) is 23.5 Å². The van der Waals surface area contributed by atoms with Crippen LogP contribution in [0.3, 0.4) is 0 Å². The molecule has 1 nitrogen and oxygen atoms in total. The zero-order chi connectivity index (χ0) is 12.5. The van der Waals surface area contributed by atoms with Crippen LogP contribution < -0.4 is 0 Å². The first kappa shape index (κ1) is 13.9. The highest BCUT2D eigenvalue weighted by Crippen LogP contribution is 2.42. The second-order valence-corrected chi connectivity index (χ2v) is 11.8. The molecule has 0 saturated carbocycles. The average Bonchev–Trinajstić information content (AvgIpc) is 2.50. The van der Waals surface area contributed by atoms with Gasteiger partial charge in [0.1, 0.15) is 0 Å². The van der Waals surface area contributed by atoms with Gasteiger partial charge in [0.15, 0.2) is 8.24 Å². The second kappa shape index (κ2) is 4.97. The highest BCUT2D eigenvalue weighted by atomic mass is 35.5. The van der Waals surface area contributed by atoms with Gasteiger partial charge < -0.3 is 4.23 Å². The third-order valence-corrected chi connectivity index (χ3v) is 10.8. The lowest BCUT2D eigenvalue weighted by Gasteiger charge is -2.44. The largest absolute Gasteiger partial charge is 0.378 e. The van der Waals surface area contributed by atoms with Gasteiger partial charge in [-0.25, -0.2) is 0 Å². The first-order chi connectivity index (χ1) is 7.33. The Labute approximate surface area is 106 Å². The second-order valence-electron chi connectivity index (χ2n) is 5.59. The molecule has 16 heavy (non-hydrogen) atoms. The summed E-state index contributed by atoms with van der Waals surface area (Å²) in [5.41, 5.74) is 2.16. The van der Waals surface area contributed by atoms with Crippen molar-refractivity contribution in [2.24, 2.45) is 0 Å². The summed E-state index contributed by atoms with van der Waals surface area (Å²) in [6.45, 7) is 14.2. The standard InChI is InChI=1S/C13H24ClNSi/c1-10(2)16(11(3)4,12(5)6)15-8-7-13(14)9-15/h7-12H,1-6H3. The van der Waals surface area contributed by atoms with Crippen molar-refractivity contribution >= 4 is 19.8 Å². The van der Waals surface area contributed by atoms with Crippen LogP contribution in [0.2, 0.25) is 21.6 Å². The van der Waals surface area contributed by atoms with Gasteiger partial charge in [0.2, 0.25) is 0 Å². The fourth-order valence-electron chi connectivity index (χ4n) is 3.51. The van der Waals surface area contributed by atoms with E-state index in [1.165, 1.54) is 0 Å². The van der Waals surface area contributed by atoms with Gasteiger partial charge in [-0.05, 0) is 28.9 Å². The molecule has 1 aromatic rings. The molecule has 0 aromatic carbocycles. The van der Waals surface area contributed by atoms with Gasteiger partial charge in [0, 0.05) is 6.20 Å². The summed E-state index contributed by atoms with van der Waals surface area (Å²) in [5, 5.41) is 0.860. The lowest BCUT2D eigenvalue weighted by molar-refractivity contribution is 0.765. The quantitative estimate of drug-likeness (QED) is 0.656. The van der Waals surface area contributed by atoms with E-state index in [1.807, 2.05) is 6.07 Å². The number of hydrogen-bond acceptors (Lipinski definition) is 0. The summed E-state index contributed by atoms with van der Waals surface area (Å²) in [6.07, 6.45) is 4.29. The van der Waals surface area contributed by atoms with Crippen molar-refractivity contribution in [1.82, 2.24) is 4.23 Å². The van der Waals surface area contributed by atoms with E-state index in [0.717, 1.165) is 21.6 Å². The van der Waals surface area contributed by atoms with E-state index in [9.17, 15) is 0 Å². The van der Waals surface area contributed by atoms with E-state index in [4.69, 9.17) is 11.6 Å². The molecule has 0 aliphatic heterocycles. The van der Waals surface area contributed by atoms with E-state index in [2.05, 4.69) is 58.2 Å². The summed E-state index contributed by atoms with van der Waals surface area (Å²) < 4.78 is 2.45. The summed E-state index contributed by atoms with van der Waals surface area (Å²) in [4.78, 5) is 0. The first-order valence-electron chi connectivity index (χ1n) is 6.17. The van der Waals surface area contributed by atoms with Crippen LogP contribution in [0.4, 0.5) is 0 Å². The third kappa shape index (κ3) is 2.10. The lowest BCUT2D eigenvalue weighted by atomic mass is 10.5. The van der Waals surface area contributed by atoms with Gasteiger partial charge in [0.25, 0.3) is 0 Å². The summed E-state index contributed by atoms with van der Waals surface area (Å²) >= 11 is 6.08. The van der Waals surface area contributed by atoms with Crippen molar-refractivity contribution in [2.75, 3.05) is 0 Å². The maximum Gasteiger partial charge on any atom is 0.168 e. The Bertz CT molecular complexity index is 320. The first-order valence-corrected chi connectivity index (χ1v) is 8.73. The SMILES string of the molecule is CC(C)[Si](C(C)C)(C(C)C)n1ccc(Cl)c1. The number of aromatic nitrogens is 1. The predicted molar refractivity (Wildman–Crippen MR) is 75.9 cm³/mol. The molecule has 0 bridgehead atoms. The van der Waals surface area contributed by atoms with Gasteiger partial charge >= 0.3 is 0 Å². The van der Waals surface area contributed by atoms with Crippen molar-refractivity contribution in [3.8, 4) is 0 Å². The van der Waals surface area contributed by atoms with Crippen LogP contribution in [0.25, 0.3) is 0 Å². The molecule has 0 amide bonds. The maximum atomic E-state index is 6.08. The monoisotopic (exact) mass is 257 g/mol. The fourth-order valence-corrected chi connectivity index (χ4v) is 10.2. The minimum atomic E-state index is -1.55. The number of hydrogen-bond donors (Lipinski definition) is 0. The molecule has 0 aliphatic carbocycles. The Hall–Kier alpha value is -0.213. The minimum absolute atomic E-state index is 0.718. The van der Waals surface area contributed by atoms with E-state index >= 15 is 0 Å². The molecule has 0 saturated heterocycles. The molecular formula is C13H24ClNSi. The zero-order valence-electron chi connectivity index (χ0n) is 11.3. The van der Waals surface area contributed by atoms with Gasteiger partial charge in [0.05, 0.1) is 5.02 Å². The maximum absolute atomic E-state index is 6.08. The Morgan fingerprint density at radius 3 is 1.69 bits per heavy atom. The summed E-state index contributed by atoms with van der Waals surface area (Å²) in [6, 6.07) is 2.01. The van der Waals surface area contributed by atoms with Crippen molar-refractivity contribution in [1.29, 1.82) is 0 Å². The van der Waals surface area contributed by atoms with Gasteiger partial charge in [-0.2, -0.15) is 0 Å². The van der Waals surface area contributed by atoms with Crippen LogP contribution in [0.15, 0.2) is 18.5 Å².